The van der Waals surface area contributed by atoms with Gasteiger partial charge in [-0.15, -0.1) is 0 Å². The first-order chi connectivity index (χ1) is 9.54. The molecule has 126 valence electrons. The van der Waals surface area contributed by atoms with E-state index < -0.39 is 57.2 Å². The molecular formula is C10H20MnN2NaO8. The number of rotatable bonds is 11. The number of hydrogen-bond donors (Lipinski definition) is 6. The van der Waals surface area contributed by atoms with Gasteiger partial charge in [-0.05, 0) is 0 Å². The second-order valence-corrected chi connectivity index (χ2v) is 11.7. The number of carboxylic acid groups (broad SMARTS) is 4. The van der Waals surface area contributed by atoms with E-state index in [2.05, 4.69) is 4.33 Å². The van der Waals surface area contributed by atoms with Crippen LogP contribution in [0.1, 0.15) is 0 Å². The van der Waals surface area contributed by atoms with Gasteiger partial charge in [-0.3, -0.25) is 0 Å². The molecule has 0 saturated heterocycles. The summed E-state index contributed by atoms with van der Waals surface area (Å²) in [5, 5.41) is 32.9. The van der Waals surface area contributed by atoms with Crippen molar-refractivity contribution in [3.05, 3.63) is 0 Å². The van der Waals surface area contributed by atoms with Crippen LogP contribution in [0.5, 0.6) is 0 Å². The van der Waals surface area contributed by atoms with Crippen LogP contribution in [-0.4, -0.2) is 87.0 Å². The summed E-state index contributed by atoms with van der Waals surface area (Å²) < 4.78 is 2.63. The van der Waals surface area contributed by atoms with Gasteiger partial charge in [0.15, 0.2) is 0 Å². The van der Waals surface area contributed by atoms with E-state index in [4.69, 9.17) is 26.2 Å². The fourth-order valence-electron chi connectivity index (χ4n) is 1.99. The quantitative estimate of drug-likeness (QED) is 0.232. The molecule has 0 fully saturated rings. The van der Waals surface area contributed by atoms with Gasteiger partial charge in [0.05, 0.1) is 0 Å². The van der Waals surface area contributed by atoms with E-state index in [0.29, 0.717) is 0 Å². The third-order valence-corrected chi connectivity index (χ3v) is 9.75. The zero-order chi connectivity index (χ0) is 16.7. The summed E-state index contributed by atoms with van der Waals surface area (Å²) in [7, 11) is 0. The van der Waals surface area contributed by atoms with Crippen LogP contribution in [0.2, 0.25) is 21.3 Å². The zero-order valence-corrected chi connectivity index (χ0v) is 12.3. The van der Waals surface area contributed by atoms with E-state index in [1.165, 1.54) is 0 Å². The molecule has 7 N–H and O–H groups in total. The summed E-state index contributed by atoms with van der Waals surface area (Å²) in [5.41, 5.74) is 5.29. The van der Waals surface area contributed by atoms with E-state index >= 15 is 0 Å². The second-order valence-electron chi connectivity index (χ2n) is 4.45. The SMILES string of the molecule is NCC[NH][Mn]([CH2]C(=O)O)([CH2]C(=O)O)([CH2]C(=O)O)[CH2]C(=O)O.[NaH]. The van der Waals surface area contributed by atoms with Gasteiger partial charge in [0, 0.05) is 0 Å². The van der Waals surface area contributed by atoms with Crippen LogP contribution in [0.15, 0.2) is 0 Å². The molecule has 0 aliphatic heterocycles. The summed E-state index contributed by atoms with van der Waals surface area (Å²) in [6, 6.07) is 0. The Morgan fingerprint density at radius 1 is 0.773 bits per heavy atom. The fourth-order valence-corrected chi connectivity index (χ4v) is 8.22. The number of nitrogens with one attached hydrogen (secondary N) is 1. The molecule has 0 aromatic rings. The van der Waals surface area contributed by atoms with Crippen molar-refractivity contribution in [1.29, 1.82) is 0 Å². The van der Waals surface area contributed by atoms with Gasteiger partial charge in [0.2, 0.25) is 0 Å². The first-order valence-electron chi connectivity index (χ1n) is 5.64. The van der Waals surface area contributed by atoms with Crippen LogP contribution < -0.4 is 10.1 Å². The van der Waals surface area contributed by atoms with Crippen molar-refractivity contribution in [2.75, 3.05) is 13.1 Å². The van der Waals surface area contributed by atoms with Crippen LogP contribution in [0.4, 0.5) is 0 Å². The molecule has 0 aliphatic carbocycles. The van der Waals surface area contributed by atoms with Gasteiger partial charge in [-0.1, -0.05) is 0 Å². The Balaban J connectivity index is 0. The molecule has 0 saturated carbocycles. The van der Waals surface area contributed by atoms with Gasteiger partial charge < -0.3 is 0 Å². The Bertz CT molecular complexity index is 383. The van der Waals surface area contributed by atoms with E-state index in [0.717, 1.165) is 0 Å². The van der Waals surface area contributed by atoms with Crippen LogP contribution in [0.3, 0.4) is 0 Å². The molecule has 12 heteroatoms. The molecule has 0 spiro atoms. The van der Waals surface area contributed by atoms with E-state index in [1.54, 1.807) is 0 Å². The molecule has 22 heavy (non-hydrogen) atoms. The monoisotopic (exact) mass is 374 g/mol. The maximum atomic E-state index is 11.1. The summed E-state index contributed by atoms with van der Waals surface area (Å²) >= 11 is -4.66. The Morgan fingerprint density at radius 2 is 1.05 bits per heavy atom. The van der Waals surface area contributed by atoms with Crippen molar-refractivity contribution in [2.45, 2.75) is 21.3 Å². The molecule has 0 rings (SSSR count). The summed E-state index contributed by atoms with van der Waals surface area (Å²) in [6.45, 7) is -0.0716. The number of carbonyl (C=O) groups is 4. The molecule has 0 aliphatic rings. The molecule has 0 radical (unpaired) electrons. The van der Waals surface area contributed by atoms with Crippen molar-refractivity contribution < 1.29 is 51.6 Å². The topological polar surface area (TPSA) is 187 Å². The average molecular weight is 374 g/mol. The van der Waals surface area contributed by atoms with Gasteiger partial charge in [-0.2, -0.15) is 0 Å². The van der Waals surface area contributed by atoms with Gasteiger partial charge in [0.1, 0.15) is 0 Å². The maximum absolute atomic E-state index is 11.1. The zero-order valence-electron chi connectivity index (χ0n) is 11.1. The first-order valence-corrected chi connectivity index (χ1v) is 9.57. The normalized spacial score (nSPS) is 12.5. The molecule has 10 nitrogen and oxygen atoms in total. The molecule has 0 atom stereocenters. The van der Waals surface area contributed by atoms with Crippen LogP contribution >= 0.6 is 0 Å². The van der Waals surface area contributed by atoms with Crippen molar-refractivity contribution in [2.24, 2.45) is 5.73 Å². The van der Waals surface area contributed by atoms with Gasteiger partial charge >= 0.3 is 149 Å². The number of hydrogen-bond acceptors (Lipinski definition) is 6. The molecule has 0 heterocycles. The van der Waals surface area contributed by atoms with E-state index in [-0.39, 0.29) is 42.6 Å². The van der Waals surface area contributed by atoms with Crippen molar-refractivity contribution in [3.8, 4) is 0 Å². The average Bonchev–Trinajstić information content (AvgIpc) is 2.21. The molecule has 0 amide bonds. The van der Waals surface area contributed by atoms with Gasteiger partial charge in [0.25, 0.3) is 0 Å². The van der Waals surface area contributed by atoms with Crippen molar-refractivity contribution >= 4 is 53.4 Å². The van der Waals surface area contributed by atoms with Gasteiger partial charge in [-0.25, -0.2) is 0 Å². The summed E-state index contributed by atoms with van der Waals surface area (Å²) in [6.07, 6.45) is 0. The molecule has 0 unspecified atom stereocenters. The second kappa shape index (κ2) is 9.46. The summed E-state index contributed by atoms with van der Waals surface area (Å²) in [4.78, 5) is 44.5. The third kappa shape index (κ3) is 7.54. The van der Waals surface area contributed by atoms with Crippen LogP contribution in [0.25, 0.3) is 0 Å². The minimum atomic E-state index is -4.66. The van der Waals surface area contributed by atoms with E-state index in [9.17, 15) is 19.2 Å². The Kier molecular flexibility index (Phi) is 10.1. The van der Waals surface area contributed by atoms with Crippen LogP contribution in [-0.2, 0) is 31.2 Å². The standard InChI is InChI=1S/C2H7N2.4C2H3O2.Mn.Na.H/c3-1-2-4;4*1-2(3)4;;;/h3H,1-2,4H2;4*1H2,(H,3,4);;;/q-1;;;;;+1;;. The number of aliphatic carboxylic acids is 4. The molecule has 0 aromatic carbocycles. The molecular weight excluding hydrogens is 354 g/mol. The van der Waals surface area contributed by atoms with Crippen molar-refractivity contribution in [1.82, 2.24) is 4.33 Å². The van der Waals surface area contributed by atoms with Crippen molar-refractivity contribution in [3.63, 3.8) is 0 Å². The number of nitrogens with two attached hydrogens (primary N) is 1. The molecule has 0 bridgehead atoms. The summed E-state index contributed by atoms with van der Waals surface area (Å²) in [5.74, 6) is -5.79. The fraction of sp³-hybridized carbons (Fsp3) is 0.600. The predicted molar refractivity (Wildman–Crippen MR) is 74.0 cm³/mol. The first kappa shape index (κ1) is 23.6. The minimum absolute atomic E-state index is 0. The molecule has 0 aromatic heterocycles. The Labute approximate surface area is 149 Å². The Morgan fingerprint density at radius 3 is 1.23 bits per heavy atom. The Hall–Kier alpha value is -0.681. The number of carboxylic acids is 4. The van der Waals surface area contributed by atoms with E-state index in [1.807, 2.05) is 0 Å². The van der Waals surface area contributed by atoms with Crippen LogP contribution in [0, 0.1) is 0 Å². The predicted octanol–water partition coefficient (Wildman–Crippen LogP) is -1.50. The third-order valence-electron chi connectivity index (χ3n) is 2.48.